The number of nitrogens with one attached hydrogen (secondary N) is 1. The van der Waals surface area contributed by atoms with E-state index in [1.54, 1.807) is 4.90 Å². The van der Waals surface area contributed by atoms with Crippen molar-refractivity contribution in [2.45, 2.75) is 40.2 Å². The highest BCUT2D eigenvalue weighted by molar-refractivity contribution is 5.92. The van der Waals surface area contributed by atoms with Gasteiger partial charge < -0.3 is 10.4 Å². The van der Waals surface area contributed by atoms with Crippen LogP contribution >= 0.6 is 0 Å². The van der Waals surface area contributed by atoms with E-state index in [0.717, 1.165) is 5.69 Å². The number of carbonyl (C=O) groups is 2. The first-order valence-electron chi connectivity index (χ1n) is 7.10. The van der Waals surface area contributed by atoms with Crippen molar-refractivity contribution in [2.75, 3.05) is 11.4 Å². The highest BCUT2D eigenvalue weighted by Crippen LogP contribution is 2.23. The van der Waals surface area contributed by atoms with E-state index in [-0.39, 0.29) is 17.9 Å². The second-order valence-corrected chi connectivity index (χ2v) is 6.05. The predicted octanol–water partition coefficient (Wildman–Crippen LogP) is 3.11. The van der Waals surface area contributed by atoms with Crippen molar-refractivity contribution >= 4 is 17.7 Å². The zero-order valence-electron chi connectivity index (χ0n) is 13.1. The molecule has 0 fully saturated rings. The fourth-order valence-corrected chi connectivity index (χ4v) is 2.03. The van der Waals surface area contributed by atoms with Crippen LogP contribution in [-0.4, -0.2) is 29.7 Å². The third kappa shape index (κ3) is 5.10. The zero-order valence-corrected chi connectivity index (χ0v) is 13.1. The predicted molar refractivity (Wildman–Crippen MR) is 83.5 cm³/mol. The number of hydrogen-bond donors (Lipinski definition) is 2. The van der Waals surface area contributed by atoms with Crippen LogP contribution < -0.4 is 10.2 Å². The van der Waals surface area contributed by atoms with Crippen LogP contribution in [0.5, 0.6) is 0 Å². The maximum atomic E-state index is 12.4. The zero-order chi connectivity index (χ0) is 16.0. The van der Waals surface area contributed by atoms with Crippen LogP contribution in [-0.2, 0) is 4.79 Å². The maximum absolute atomic E-state index is 12.4. The Hall–Kier alpha value is -2.04. The fourth-order valence-electron chi connectivity index (χ4n) is 2.03. The lowest BCUT2D eigenvalue weighted by Crippen LogP contribution is -2.50. The Morgan fingerprint density at radius 2 is 1.81 bits per heavy atom. The summed E-state index contributed by atoms with van der Waals surface area (Å²) < 4.78 is 0. The summed E-state index contributed by atoms with van der Waals surface area (Å²) in [6, 6.07) is 8.62. The minimum absolute atomic E-state index is 0.0957. The molecule has 1 atom stereocenters. The third-order valence-electron chi connectivity index (χ3n) is 3.35. The van der Waals surface area contributed by atoms with Crippen molar-refractivity contribution in [3.8, 4) is 0 Å². The Morgan fingerprint density at radius 3 is 2.24 bits per heavy atom. The van der Waals surface area contributed by atoms with Gasteiger partial charge in [-0.05, 0) is 24.5 Å². The molecule has 116 valence electrons. The van der Waals surface area contributed by atoms with Crippen molar-refractivity contribution < 1.29 is 14.7 Å². The van der Waals surface area contributed by atoms with Crippen LogP contribution in [0.25, 0.3) is 0 Å². The summed E-state index contributed by atoms with van der Waals surface area (Å²) in [6.07, 6.45) is -0.0957. The van der Waals surface area contributed by atoms with Gasteiger partial charge in [0.25, 0.3) is 0 Å². The molecule has 2 amide bonds. The molecule has 0 aliphatic rings. The van der Waals surface area contributed by atoms with Gasteiger partial charge in [0.1, 0.15) is 0 Å². The summed E-state index contributed by atoms with van der Waals surface area (Å²) in [7, 11) is 0. The number of carbonyl (C=O) groups excluding carboxylic acids is 1. The molecule has 0 radical (unpaired) electrons. The van der Waals surface area contributed by atoms with Crippen molar-refractivity contribution in [2.24, 2.45) is 5.41 Å². The summed E-state index contributed by atoms with van der Waals surface area (Å²) in [5, 5.41) is 11.9. The Morgan fingerprint density at radius 1 is 1.24 bits per heavy atom. The number of amides is 2. The third-order valence-corrected chi connectivity index (χ3v) is 3.35. The molecule has 0 aliphatic heterocycles. The highest BCUT2D eigenvalue weighted by Gasteiger charge is 2.29. The lowest BCUT2D eigenvalue weighted by Gasteiger charge is -2.32. The van der Waals surface area contributed by atoms with Crippen LogP contribution in [0.4, 0.5) is 10.5 Å². The molecule has 0 aliphatic carbocycles. The first-order valence-corrected chi connectivity index (χ1v) is 7.10. The van der Waals surface area contributed by atoms with Crippen molar-refractivity contribution in [1.29, 1.82) is 0 Å². The molecule has 0 spiro atoms. The van der Waals surface area contributed by atoms with E-state index >= 15 is 0 Å². The number of aliphatic carboxylic acids is 1. The number of carboxylic acids is 1. The lowest BCUT2D eigenvalue weighted by atomic mass is 9.85. The van der Waals surface area contributed by atoms with Gasteiger partial charge >= 0.3 is 12.0 Å². The van der Waals surface area contributed by atoms with Gasteiger partial charge in [0.05, 0.1) is 6.42 Å². The standard InChI is InChI=1S/C16H24N2O3/c1-5-18(12-9-7-6-8-10-12)15(21)17-13(11-14(19)20)16(2,3)4/h6-10,13H,5,11H2,1-4H3,(H,17,21)(H,19,20). The Bertz CT molecular complexity index is 480. The van der Waals surface area contributed by atoms with Gasteiger partial charge in [-0.3, -0.25) is 9.69 Å². The summed E-state index contributed by atoms with van der Waals surface area (Å²) >= 11 is 0. The highest BCUT2D eigenvalue weighted by atomic mass is 16.4. The molecule has 0 aromatic heterocycles. The Labute approximate surface area is 126 Å². The van der Waals surface area contributed by atoms with E-state index in [2.05, 4.69) is 5.32 Å². The van der Waals surface area contributed by atoms with Crippen molar-refractivity contribution in [3.63, 3.8) is 0 Å². The maximum Gasteiger partial charge on any atom is 0.322 e. The van der Waals surface area contributed by atoms with Gasteiger partial charge in [0.2, 0.25) is 0 Å². The van der Waals surface area contributed by atoms with E-state index < -0.39 is 12.0 Å². The van der Waals surface area contributed by atoms with Crippen molar-refractivity contribution in [3.05, 3.63) is 30.3 Å². The molecule has 1 aromatic carbocycles. The molecular formula is C16H24N2O3. The summed E-state index contributed by atoms with van der Waals surface area (Å²) in [6.45, 7) is 8.15. The first kappa shape index (κ1) is 17.0. The number of urea groups is 1. The van der Waals surface area contributed by atoms with Crippen LogP contribution in [0.3, 0.4) is 0 Å². The molecule has 2 N–H and O–H groups in total. The molecule has 0 saturated heterocycles. The molecule has 1 unspecified atom stereocenters. The van der Waals surface area contributed by atoms with E-state index in [0.29, 0.717) is 6.54 Å². The number of carboxylic acid groups (broad SMARTS) is 1. The number of benzene rings is 1. The molecule has 0 heterocycles. The molecule has 1 rings (SSSR count). The average molecular weight is 292 g/mol. The fraction of sp³-hybridized carbons (Fsp3) is 0.500. The number of rotatable bonds is 5. The number of anilines is 1. The van der Waals surface area contributed by atoms with E-state index in [1.807, 2.05) is 58.0 Å². The molecule has 0 bridgehead atoms. The smallest absolute Gasteiger partial charge is 0.322 e. The van der Waals surface area contributed by atoms with E-state index in [9.17, 15) is 9.59 Å². The van der Waals surface area contributed by atoms with E-state index in [4.69, 9.17) is 5.11 Å². The number of hydrogen-bond acceptors (Lipinski definition) is 2. The molecule has 1 aromatic rings. The first-order chi connectivity index (χ1) is 9.75. The largest absolute Gasteiger partial charge is 0.481 e. The van der Waals surface area contributed by atoms with Crippen LogP contribution in [0.2, 0.25) is 0 Å². The Balaban J connectivity index is 2.87. The summed E-state index contributed by atoms with van der Waals surface area (Å²) in [4.78, 5) is 25.0. The molecule has 5 nitrogen and oxygen atoms in total. The quantitative estimate of drug-likeness (QED) is 0.876. The SMILES string of the molecule is CCN(C(=O)NC(CC(=O)O)C(C)(C)C)c1ccccc1. The molecule has 5 heteroatoms. The summed E-state index contributed by atoms with van der Waals surface area (Å²) in [5.74, 6) is -0.919. The molecular weight excluding hydrogens is 268 g/mol. The van der Waals surface area contributed by atoms with Gasteiger partial charge in [-0.1, -0.05) is 39.0 Å². The van der Waals surface area contributed by atoms with Crippen LogP contribution in [0.1, 0.15) is 34.1 Å². The number of nitrogens with zero attached hydrogens (tertiary/aromatic N) is 1. The topological polar surface area (TPSA) is 69.6 Å². The van der Waals surface area contributed by atoms with Gasteiger partial charge in [-0.2, -0.15) is 0 Å². The second kappa shape index (κ2) is 7.11. The second-order valence-electron chi connectivity index (χ2n) is 6.05. The van der Waals surface area contributed by atoms with Crippen LogP contribution in [0.15, 0.2) is 30.3 Å². The van der Waals surface area contributed by atoms with Gasteiger partial charge in [-0.15, -0.1) is 0 Å². The normalized spacial score (nSPS) is 12.6. The minimum atomic E-state index is -0.919. The van der Waals surface area contributed by atoms with Gasteiger partial charge in [0, 0.05) is 18.3 Å². The van der Waals surface area contributed by atoms with Crippen molar-refractivity contribution in [1.82, 2.24) is 5.32 Å². The Kier molecular flexibility index (Phi) is 5.76. The van der Waals surface area contributed by atoms with Gasteiger partial charge in [-0.25, -0.2) is 4.79 Å². The minimum Gasteiger partial charge on any atom is -0.481 e. The average Bonchev–Trinajstić information content (AvgIpc) is 2.38. The molecule has 0 saturated carbocycles. The molecule has 21 heavy (non-hydrogen) atoms. The van der Waals surface area contributed by atoms with Gasteiger partial charge in [0.15, 0.2) is 0 Å². The monoisotopic (exact) mass is 292 g/mol. The lowest BCUT2D eigenvalue weighted by molar-refractivity contribution is -0.138. The van der Waals surface area contributed by atoms with Crippen LogP contribution in [0, 0.1) is 5.41 Å². The summed E-state index contributed by atoms with van der Waals surface area (Å²) in [5.41, 5.74) is 0.463. The number of para-hydroxylation sites is 1. The van der Waals surface area contributed by atoms with E-state index in [1.165, 1.54) is 0 Å².